The number of benzene rings is 1. The smallest absolute Gasteiger partial charge is 0.326 e. The molecule has 0 unspecified atom stereocenters. The Morgan fingerprint density at radius 2 is 2.15 bits per heavy atom. The third-order valence-corrected chi connectivity index (χ3v) is 3.31. The van der Waals surface area contributed by atoms with E-state index in [1.165, 1.54) is 18.2 Å². The van der Waals surface area contributed by atoms with Crippen molar-refractivity contribution in [1.82, 2.24) is 4.90 Å². The molecule has 0 saturated carbocycles. The summed E-state index contributed by atoms with van der Waals surface area (Å²) in [7, 11) is 0. The first-order valence-corrected chi connectivity index (χ1v) is 6.20. The minimum atomic E-state index is -1.22. The first-order chi connectivity index (χ1) is 9.40. The highest BCUT2D eigenvalue weighted by Crippen LogP contribution is 2.24. The fraction of sp³-hybridized carbons (Fsp3) is 0.333. The van der Waals surface area contributed by atoms with Crippen molar-refractivity contribution in [2.24, 2.45) is 0 Å². The van der Waals surface area contributed by atoms with Gasteiger partial charge in [0.1, 0.15) is 6.04 Å². The van der Waals surface area contributed by atoms with Gasteiger partial charge in [0.15, 0.2) is 5.82 Å². The molecular formula is C12H12ClFN2O4. The van der Waals surface area contributed by atoms with E-state index in [0.717, 1.165) is 4.90 Å². The molecule has 3 N–H and O–H groups in total. The quantitative estimate of drug-likeness (QED) is 0.773. The first kappa shape index (κ1) is 14.5. The molecular weight excluding hydrogens is 291 g/mol. The molecule has 0 aromatic heterocycles. The van der Waals surface area contributed by atoms with Crippen molar-refractivity contribution in [3.8, 4) is 0 Å². The number of likely N-dealkylation sites (tertiary alicyclic amines) is 1. The standard InChI is InChI=1S/C12H12ClFN2O4/c13-7-2-1-3-8(10(7)14)15-12(20)16-5-6(17)4-9(16)11(18)19/h1-3,6,9,17H,4-5H2,(H,15,20)(H,18,19)/t6-,9+/m1/s1. The van der Waals surface area contributed by atoms with Crippen molar-refractivity contribution in [1.29, 1.82) is 0 Å². The summed E-state index contributed by atoms with van der Waals surface area (Å²) >= 11 is 5.59. The zero-order chi connectivity index (χ0) is 14.9. The van der Waals surface area contributed by atoms with Gasteiger partial charge in [-0.1, -0.05) is 17.7 Å². The lowest BCUT2D eigenvalue weighted by molar-refractivity contribution is -0.141. The number of hydrogen-bond donors (Lipinski definition) is 3. The van der Waals surface area contributed by atoms with Gasteiger partial charge in [0.2, 0.25) is 0 Å². The van der Waals surface area contributed by atoms with E-state index < -0.39 is 30.0 Å². The van der Waals surface area contributed by atoms with E-state index in [-0.39, 0.29) is 23.7 Å². The fourth-order valence-corrected chi connectivity index (χ4v) is 2.23. The summed E-state index contributed by atoms with van der Waals surface area (Å²) in [4.78, 5) is 23.9. The number of urea groups is 1. The highest BCUT2D eigenvalue weighted by molar-refractivity contribution is 6.31. The Balaban J connectivity index is 2.15. The number of nitrogens with one attached hydrogen (secondary N) is 1. The van der Waals surface area contributed by atoms with Crippen LogP contribution >= 0.6 is 11.6 Å². The molecule has 108 valence electrons. The summed E-state index contributed by atoms with van der Waals surface area (Å²) in [6.07, 6.45) is -0.966. The molecule has 1 aliphatic heterocycles. The van der Waals surface area contributed by atoms with Gasteiger partial charge < -0.3 is 20.4 Å². The lowest BCUT2D eigenvalue weighted by Crippen LogP contribution is -2.43. The second kappa shape index (κ2) is 5.64. The van der Waals surface area contributed by atoms with E-state index in [9.17, 15) is 19.1 Å². The molecule has 1 aromatic rings. The second-order valence-corrected chi connectivity index (χ2v) is 4.83. The minimum Gasteiger partial charge on any atom is -0.480 e. The highest BCUT2D eigenvalue weighted by atomic mass is 35.5. The van der Waals surface area contributed by atoms with Gasteiger partial charge in [-0.2, -0.15) is 0 Å². The number of amides is 2. The number of anilines is 1. The number of aliphatic hydroxyl groups is 1. The zero-order valence-corrected chi connectivity index (χ0v) is 11.0. The molecule has 0 aliphatic carbocycles. The second-order valence-electron chi connectivity index (χ2n) is 4.43. The SMILES string of the molecule is O=C(O)[C@@H]1C[C@@H](O)CN1C(=O)Nc1cccc(Cl)c1F. The van der Waals surface area contributed by atoms with Crippen LogP contribution < -0.4 is 5.32 Å². The summed E-state index contributed by atoms with van der Waals surface area (Å²) in [5.41, 5.74) is -0.145. The highest BCUT2D eigenvalue weighted by Gasteiger charge is 2.39. The van der Waals surface area contributed by atoms with E-state index in [1.807, 2.05) is 0 Å². The number of carboxylic acid groups (broad SMARTS) is 1. The Morgan fingerprint density at radius 3 is 2.80 bits per heavy atom. The molecule has 20 heavy (non-hydrogen) atoms. The van der Waals surface area contributed by atoms with Crippen molar-refractivity contribution in [3.63, 3.8) is 0 Å². The van der Waals surface area contributed by atoms with Crippen molar-refractivity contribution >= 4 is 29.3 Å². The number of rotatable bonds is 2. The molecule has 0 radical (unpaired) electrons. The van der Waals surface area contributed by atoms with Crippen LogP contribution in [-0.2, 0) is 4.79 Å². The normalized spacial score (nSPS) is 21.9. The molecule has 6 nitrogen and oxygen atoms in total. The van der Waals surface area contributed by atoms with Gasteiger partial charge in [-0.3, -0.25) is 0 Å². The molecule has 1 heterocycles. The number of aliphatic carboxylic acids is 1. The maximum absolute atomic E-state index is 13.7. The molecule has 1 fully saturated rings. The average Bonchev–Trinajstić information content (AvgIpc) is 2.77. The van der Waals surface area contributed by atoms with Crippen molar-refractivity contribution in [2.45, 2.75) is 18.6 Å². The summed E-state index contributed by atoms with van der Waals surface area (Å²) in [6.45, 7) is -0.120. The van der Waals surface area contributed by atoms with Crippen LogP contribution in [0.5, 0.6) is 0 Å². The third-order valence-electron chi connectivity index (χ3n) is 3.02. The van der Waals surface area contributed by atoms with Crippen molar-refractivity contribution in [3.05, 3.63) is 29.0 Å². The van der Waals surface area contributed by atoms with Gasteiger partial charge in [-0.05, 0) is 12.1 Å². The number of carbonyl (C=O) groups is 2. The lowest BCUT2D eigenvalue weighted by atomic mass is 10.2. The van der Waals surface area contributed by atoms with E-state index >= 15 is 0 Å². The number of β-amino-alcohol motifs (C(OH)–C–C–N with tert-alkyl or cyclic N) is 1. The monoisotopic (exact) mass is 302 g/mol. The Kier molecular flexibility index (Phi) is 4.10. The number of nitrogens with zero attached hydrogens (tertiary/aromatic N) is 1. The van der Waals surface area contributed by atoms with Gasteiger partial charge in [-0.15, -0.1) is 0 Å². The minimum absolute atomic E-state index is 0.0548. The van der Waals surface area contributed by atoms with Crippen LogP contribution in [0.3, 0.4) is 0 Å². The van der Waals surface area contributed by atoms with E-state index in [2.05, 4.69) is 5.32 Å². The van der Waals surface area contributed by atoms with Crippen LogP contribution in [0.4, 0.5) is 14.9 Å². The topological polar surface area (TPSA) is 89.9 Å². The number of hydrogen-bond acceptors (Lipinski definition) is 3. The van der Waals surface area contributed by atoms with Crippen molar-refractivity contribution < 1.29 is 24.2 Å². The maximum Gasteiger partial charge on any atom is 0.326 e. The maximum atomic E-state index is 13.7. The number of aliphatic hydroxyl groups excluding tert-OH is 1. The summed E-state index contributed by atoms with van der Waals surface area (Å²) < 4.78 is 13.7. The zero-order valence-electron chi connectivity index (χ0n) is 10.2. The van der Waals surface area contributed by atoms with E-state index in [0.29, 0.717) is 0 Å². The number of halogens is 2. The fourth-order valence-electron chi connectivity index (χ4n) is 2.06. The molecule has 1 aliphatic rings. The van der Waals surface area contributed by atoms with Gasteiger partial charge in [0, 0.05) is 13.0 Å². The Bertz CT molecular complexity index is 554. The van der Waals surface area contributed by atoms with Crippen LogP contribution in [0, 0.1) is 5.82 Å². The summed E-state index contributed by atoms with van der Waals surface area (Å²) in [5, 5.41) is 20.5. The van der Waals surface area contributed by atoms with Gasteiger partial charge >= 0.3 is 12.0 Å². The Morgan fingerprint density at radius 1 is 1.45 bits per heavy atom. The van der Waals surface area contributed by atoms with E-state index in [4.69, 9.17) is 16.7 Å². The molecule has 0 spiro atoms. The average molecular weight is 303 g/mol. The molecule has 8 heteroatoms. The molecule has 2 amide bonds. The summed E-state index contributed by atoms with van der Waals surface area (Å²) in [5.74, 6) is -2.02. The van der Waals surface area contributed by atoms with Gasteiger partial charge in [0.05, 0.1) is 16.8 Å². The molecule has 0 bridgehead atoms. The number of carboxylic acids is 1. The van der Waals surface area contributed by atoms with E-state index in [1.54, 1.807) is 0 Å². The van der Waals surface area contributed by atoms with Crippen LogP contribution in [-0.4, -0.2) is 45.8 Å². The largest absolute Gasteiger partial charge is 0.480 e. The predicted molar refractivity (Wildman–Crippen MR) is 69.2 cm³/mol. The van der Waals surface area contributed by atoms with Crippen LogP contribution in [0.2, 0.25) is 5.02 Å². The Hall–Kier alpha value is -1.86. The van der Waals surface area contributed by atoms with Crippen LogP contribution in [0.1, 0.15) is 6.42 Å². The van der Waals surface area contributed by atoms with Crippen LogP contribution in [0.25, 0.3) is 0 Å². The molecule has 2 rings (SSSR count). The van der Waals surface area contributed by atoms with Gasteiger partial charge in [-0.25, -0.2) is 14.0 Å². The lowest BCUT2D eigenvalue weighted by Gasteiger charge is -2.21. The van der Waals surface area contributed by atoms with Crippen LogP contribution in [0.15, 0.2) is 18.2 Å². The number of carbonyl (C=O) groups excluding carboxylic acids is 1. The molecule has 1 saturated heterocycles. The van der Waals surface area contributed by atoms with Gasteiger partial charge in [0.25, 0.3) is 0 Å². The Labute approximate surface area is 118 Å². The molecule has 2 atom stereocenters. The first-order valence-electron chi connectivity index (χ1n) is 5.82. The summed E-state index contributed by atoms with van der Waals surface area (Å²) in [6, 6.07) is 2.16. The third kappa shape index (κ3) is 2.83. The predicted octanol–water partition coefficient (Wildman–Crippen LogP) is 1.53. The molecule has 1 aromatic carbocycles. The van der Waals surface area contributed by atoms with Crippen molar-refractivity contribution in [2.75, 3.05) is 11.9 Å².